The van der Waals surface area contributed by atoms with Crippen LogP contribution in [-0.4, -0.2) is 14.1 Å². The second kappa shape index (κ2) is 3.48. The summed E-state index contributed by atoms with van der Waals surface area (Å²) in [5.74, 6) is 0. The normalized spacial score (nSPS) is 15.5. The van der Waals surface area contributed by atoms with E-state index < -0.39 is 0 Å². The Hall–Kier alpha value is -1.56. The predicted octanol–water partition coefficient (Wildman–Crippen LogP) is 1.07. The molecule has 1 fully saturated rings. The fourth-order valence-electron chi connectivity index (χ4n) is 1.74. The van der Waals surface area contributed by atoms with Gasteiger partial charge < -0.3 is 5.73 Å². The number of imidazole rings is 1. The number of nitrogens with two attached hydrogens (primary N) is 1. The zero-order chi connectivity index (χ0) is 11.1. The van der Waals surface area contributed by atoms with Gasteiger partial charge in [-0.15, -0.1) is 11.3 Å². The third-order valence-electron chi connectivity index (χ3n) is 2.71. The van der Waals surface area contributed by atoms with E-state index in [0.717, 1.165) is 17.7 Å². The average Bonchev–Trinajstić information content (AvgIpc) is 2.93. The molecule has 2 aromatic heterocycles. The van der Waals surface area contributed by atoms with Gasteiger partial charge in [-0.2, -0.15) is 0 Å². The van der Waals surface area contributed by atoms with Crippen LogP contribution in [-0.2, 0) is 6.54 Å². The quantitative estimate of drug-likeness (QED) is 0.867. The molecule has 1 aliphatic rings. The topological polar surface area (TPSA) is 65.8 Å². The van der Waals surface area contributed by atoms with Crippen molar-refractivity contribution in [2.75, 3.05) is 5.73 Å². The summed E-state index contributed by atoms with van der Waals surface area (Å²) in [4.78, 5) is 16.9. The Morgan fingerprint density at radius 2 is 2.31 bits per heavy atom. The molecule has 2 N–H and O–H groups in total. The van der Waals surface area contributed by atoms with E-state index in [1.54, 1.807) is 10.8 Å². The Labute approximate surface area is 96.2 Å². The number of hydrogen-bond donors (Lipinski definition) is 1. The Morgan fingerprint density at radius 3 is 2.94 bits per heavy atom. The lowest BCUT2D eigenvalue weighted by molar-refractivity contribution is 0.658. The van der Waals surface area contributed by atoms with Gasteiger partial charge in [-0.05, 0) is 12.8 Å². The molecule has 0 aliphatic heterocycles. The number of hydrogen-bond acceptors (Lipinski definition) is 4. The summed E-state index contributed by atoms with van der Waals surface area (Å²) in [6.45, 7) is 0.563. The number of anilines is 1. The summed E-state index contributed by atoms with van der Waals surface area (Å²) < 4.78 is 3.51. The lowest BCUT2D eigenvalue weighted by atomic mass is 10.5. The van der Waals surface area contributed by atoms with Crippen molar-refractivity contribution in [3.8, 4) is 0 Å². The molecule has 0 radical (unpaired) electrons. The first kappa shape index (κ1) is 9.65. The standard InChI is InChI=1S/C10H12N4OS/c11-9-12-5-8(16-9)6-13-3-4-14(10(13)15)7-1-2-7/h3-5,7H,1-2,6H2,(H2,11,12). The van der Waals surface area contributed by atoms with Crippen molar-refractivity contribution in [3.63, 3.8) is 0 Å². The highest BCUT2D eigenvalue weighted by Gasteiger charge is 2.25. The zero-order valence-electron chi connectivity index (χ0n) is 8.67. The van der Waals surface area contributed by atoms with Crippen molar-refractivity contribution < 1.29 is 0 Å². The van der Waals surface area contributed by atoms with Crippen molar-refractivity contribution in [2.24, 2.45) is 0 Å². The third kappa shape index (κ3) is 1.65. The number of rotatable bonds is 3. The maximum Gasteiger partial charge on any atom is 0.328 e. The van der Waals surface area contributed by atoms with Crippen molar-refractivity contribution in [1.29, 1.82) is 0 Å². The fraction of sp³-hybridized carbons (Fsp3) is 0.400. The fourth-order valence-corrected chi connectivity index (χ4v) is 2.43. The number of thiazole rings is 1. The summed E-state index contributed by atoms with van der Waals surface area (Å²) in [5.41, 5.74) is 5.61. The average molecular weight is 236 g/mol. The minimum atomic E-state index is 0.0643. The molecule has 5 nitrogen and oxygen atoms in total. The van der Waals surface area contributed by atoms with Crippen LogP contribution in [0.4, 0.5) is 5.13 Å². The Balaban J connectivity index is 1.87. The molecule has 0 atom stereocenters. The molecule has 0 saturated heterocycles. The highest BCUT2D eigenvalue weighted by molar-refractivity contribution is 7.15. The molecule has 0 spiro atoms. The van der Waals surface area contributed by atoms with Gasteiger partial charge in [0.1, 0.15) is 0 Å². The van der Waals surface area contributed by atoms with E-state index in [9.17, 15) is 4.79 Å². The van der Waals surface area contributed by atoms with Crippen LogP contribution >= 0.6 is 11.3 Å². The molecule has 1 aliphatic carbocycles. The van der Waals surface area contributed by atoms with E-state index >= 15 is 0 Å². The zero-order valence-corrected chi connectivity index (χ0v) is 9.48. The molecule has 2 aromatic rings. The van der Waals surface area contributed by atoms with Crippen LogP contribution in [0.2, 0.25) is 0 Å². The molecule has 3 rings (SSSR count). The monoisotopic (exact) mass is 236 g/mol. The van der Waals surface area contributed by atoms with E-state index in [1.807, 2.05) is 17.0 Å². The minimum absolute atomic E-state index is 0.0643. The van der Waals surface area contributed by atoms with E-state index in [1.165, 1.54) is 11.3 Å². The van der Waals surface area contributed by atoms with Crippen LogP contribution < -0.4 is 11.4 Å². The molecule has 0 bridgehead atoms. The predicted molar refractivity (Wildman–Crippen MR) is 62.6 cm³/mol. The van der Waals surface area contributed by atoms with Crippen molar-refractivity contribution in [1.82, 2.24) is 14.1 Å². The van der Waals surface area contributed by atoms with Gasteiger partial charge in [-0.1, -0.05) is 0 Å². The largest absolute Gasteiger partial charge is 0.375 e. The number of nitrogen functional groups attached to an aromatic ring is 1. The van der Waals surface area contributed by atoms with Crippen molar-refractivity contribution >= 4 is 16.5 Å². The molecule has 84 valence electrons. The number of nitrogens with zero attached hydrogens (tertiary/aromatic N) is 3. The van der Waals surface area contributed by atoms with Crippen LogP contribution in [0.1, 0.15) is 23.8 Å². The van der Waals surface area contributed by atoms with Crippen LogP contribution in [0.15, 0.2) is 23.4 Å². The SMILES string of the molecule is Nc1ncc(Cn2ccn(C3CC3)c2=O)s1. The second-order valence-electron chi connectivity index (χ2n) is 4.01. The Morgan fingerprint density at radius 1 is 1.50 bits per heavy atom. The highest BCUT2D eigenvalue weighted by atomic mass is 32.1. The number of aromatic nitrogens is 3. The van der Waals surface area contributed by atoms with Crippen molar-refractivity contribution in [3.05, 3.63) is 34.0 Å². The second-order valence-corrected chi connectivity index (χ2v) is 5.16. The van der Waals surface area contributed by atoms with Crippen LogP contribution in [0.3, 0.4) is 0 Å². The summed E-state index contributed by atoms with van der Waals surface area (Å²) in [6, 6.07) is 0.431. The van der Waals surface area contributed by atoms with Crippen LogP contribution in [0.5, 0.6) is 0 Å². The molecule has 0 unspecified atom stereocenters. The van der Waals surface area contributed by atoms with Gasteiger partial charge in [0.05, 0.1) is 6.54 Å². The Kier molecular flexibility index (Phi) is 2.10. The molecule has 2 heterocycles. The molecular weight excluding hydrogens is 224 g/mol. The van der Waals surface area contributed by atoms with Gasteiger partial charge in [-0.25, -0.2) is 9.78 Å². The van der Waals surface area contributed by atoms with Gasteiger partial charge in [0.2, 0.25) is 0 Å². The summed E-state index contributed by atoms with van der Waals surface area (Å²) in [7, 11) is 0. The third-order valence-corrected chi connectivity index (χ3v) is 3.52. The van der Waals surface area contributed by atoms with E-state index in [2.05, 4.69) is 4.98 Å². The Bertz CT molecular complexity index is 563. The van der Waals surface area contributed by atoms with Gasteiger partial charge >= 0.3 is 5.69 Å². The van der Waals surface area contributed by atoms with E-state index in [4.69, 9.17) is 5.73 Å². The first-order valence-electron chi connectivity index (χ1n) is 5.21. The molecular formula is C10H12N4OS. The first-order chi connectivity index (χ1) is 7.74. The molecule has 16 heavy (non-hydrogen) atoms. The van der Waals surface area contributed by atoms with Gasteiger partial charge in [0.15, 0.2) is 5.13 Å². The summed E-state index contributed by atoms with van der Waals surface area (Å²) in [6.07, 6.45) is 7.66. The first-order valence-corrected chi connectivity index (χ1v) is 6.03. The van der Waals surface area contributed by atoms with Crippen molar-refractivity contribution in [2.45, 2.75) is 25.4 Å². The maximum absolute atomic E-state index is 11.9. The summed E-state index contributed by atoms with van der Waals surface area (Å²) in [5, 5.41) is 0.546. The van der Waals surface area contributed by atoms with Crippen LogP contribution in [0, 0.1) is 0 Å². The van der Waals surface area contributed by atoms with Gasteiger partial charge in [0.25, 0.3) is 0 Å². The molecule has 0 aromatic carbocycles. The van der Waals surface area contributed by atoms with Gasteiger partial charge in [0, 0.05) is 29.5 Å². The minimum Gasteiger partial charge on any atom is -0.375 e. The van der Waals surface area contributed by atoms with E-state index in [0.29, 0.717) is 17.7 Å². The summed E-state index contributed by atoms with van der Waals surface area (Å²) >= 11 is 1.42. The van der Waals surface area contributed by atoms with E-state index in [-0.39, 0.29) is 5.69 Å². The lowest BCUT2D eigenvalue weighted by Gasteiger charge is -1.98. The molecule has 6 heteroatoms. The smallest absolute Gasteiger partial charge is 0.328 e. The molecule has 1 saturated carbocycles. The van der Waals surface area contributed by atoms with Crippen LogP contribution in [0.25, 0.3) is 0 Å². The molecule has 0 amide bonds. The maximum atomic E-state index is 11.9. The lowest BCUT2D eigenvalue weighted by Crippen LogP contribution is -2.23. The highest BCUT2D eigenvalue weighted by Crippen LogP contribution is 2.33. The van der Waals surface area contributed by atoms with Gasteiger partial charge in [-0.3, -0.25) is 9.13 Å².